The van der Waals surface area contributed by atoms with Crippen LogP contribution >= 0.6 is 0 Å². The zero-order valence-electron chi connectivity index (χ0n) is 11.3. The van der Waals surface area contributed by atoms with E-state index in [1.165, 1.54) is 4.31 Å². The molecular weight excluding hydrogens is 288 g/mol. The molecule has 0 bridgehead atoms. The van der Waals surface area contributed by atoms with Gasteiger partial charge in [-0.05, 0) is 20.0 Å². The Balaban J connectivity index is 2.38. The number of hydrogen-bond donors (Lipinski definition) is 1. The van der Waals surface area contributed by atoms with Crippen LogP contribution in [0.15, 0.2) is 17.0 Å². The number of nitrogens with zero attached hydrogens (tertiary/aromatic N) is 2. The molecule has 2 rings (SSSR count). The number of anilines is 1. The second kappa shape index (κ2) is 5.27. The largest absolute Gasteiger partial charge is 0.396 e. The Morgan fingerprint density at radius 2 is 1.90 bits per heavy atom. The molecule has 112 valence electrons. The molecule has 2 N–H and O–H groups in total. The van der Waals surface area contributed by atoms with E-state index in [-0.39, 0.29) is 24.8 Å². The van der Waals surface area contributed by atoms with Crippen LogP contribution in [-0.4, -0.2) is 50.3 Å². The van der Waals surface area contributed by atoms with Crippen LogP contribution in [0.25, 0.3) is 0 Å². The molecule has 1 aromatic carbocycles. The van der Waals surface area contributed by atoms with Gasteiger partial charge in [-0.3, -0.25) is 0 Å². The van der Waals surface area contributed by atoms with Gasteiger partial charge in [0, 0.05) is 31.7 Å². The zero-order valence-corrected chi connectivity index (χ0v) is 12.1. The highest BCUT2D eigenvalue weighted by molar-refractivity contribution is 7.89. The minimum Gasteiger partial charge on any atom is -0.396 e. The van der Waals surface area contributed by atoms with Crippen LogP contribution in [0.4, 0.5) is 14.5 Å². The highest BCUT2D eigenvalue weighted by atomic mass is 32.2. The van der Waals surface area contributed by atoms with E-state index in [2.05, 4.69) is 0 Å². The molecule has 5 nitrogen and oxygen atoms in total. The molecule has 0 spiro atoms. The van der Waals surface area contributed by atoms with Crippen molar-refractivity contribution < 1.29 is 17.2 Å². The van der Waals surface area contributed by atoms with E-state index in [1.807, 2.05) is 18.9 Å². The van der Waals surface area contributed by atoms with Gasteiger partial charge >= 0.3 is 0 Å². The Bertz CT molecular complexity index is 621. The number of likely N-dealkylation sites (N-methyl/N-ethyl adjacent to an activating group) is 1. The van der Waals surface area contributed by atoms with E-state index in [9.17, 15) is 17.2 Å². The number of nitrogen functional groups attached to an aromatic ring is 1. The lowest BCUT2D eigenvalue weighted by molar-refractivity contribution is 0.159. The fourth-order valence-electron chi connectivity index (χ4n) is 2.11. The van der Waals surface area contributed by atoms with Crippen molar-refractivity contribution in [3.63, 3.8) is 0 Å². The zero-order chi connectivity index (χ0) is 15.1. The van der Waals surface area contributed by atoms with Gasteiger partial charge in [0.05, 0.1) is 5.69 Å². The SMILES string of the molecule is CC1CN(S(=O)(=O)c2cc(N)c(F)cc2F)CCN1C. The normalized spacial score (nSPS) is 22.1. The van der Waals surface area contributed by atoms with Gasteiger partial charge in [-0.1, -0.05) is 0 Å². The van der Waals surface area contributed by atoms with Gasteiger partial charge in [0.1, 0.15) is 16.5 Å². The van der Waals surface area contributed by atoms with Crippen molar-refractivity contribution in [2.24, 2.45) is 0 Å². The fraction of sp³-hybridized carbons (Fsp3) is 0.500. The van der Waals surface area contributed by atoms with Crippen molar-refractivity contribution in [2.75, 3.05) is 32.4 Å². The minimum absolute atomic E-state index is 0.0272. The Labute approximate surface area is 117 Å². The maximum atomic E-state index is 13.7. The van der Waals surface area contributed by atoms with Crippen molar-refractivity contribution in [2.45, 2.75) is 17.9 Å². The summed E-state index contributed by atoms with van der Waals surface area (Å²) in [6.45, 7) is 2.96. The Kier molecular flexibility index (Phi) is 3.99. The van der Waals surface area contributed by atoms with Crippen LogP contribution in [-0.2, 0) is 10.0 Å². The summed E-state index contributed by atoms with van der Waals surface area (Å²) in [6, 6.07) is 1.37. The summed E-state index contributed by atoms with van der Waals surface area (Å²) in [7, 11) is -2.11. The van der Waals surface area contributed by atoms with E-state index in [0.29, 0.717) is 12.6 Å². The summed E-state index contributed by atoms with van der Waals surface area (Å²) in [6.07, 6.45) is 0. The lowest BCUT2D eigenvalue weighted by atomic mass is 10.2. The summed E-state index contributed by atoms with van der Waals surface area (Å²) in [5.74, 6) is -2.09. The van der Waals surface area contributed by atoms with Crippen molar-refractivity contribution in [3.8, 4) is 0 Å². The number of benzene rings is 1. The highest BCUT2D eigenvalue weighted by Gasteiger charge is 2.33. The first-order valence-electron chi connectivity index (χ1n) is 6.18. The van der Waals surface area contributed by atoms with E-state index < -0.39 is 26.6 Å². The van der Waals surface area contributed by atoms with Crippen molar-refractivity contribution >= 4 is 15.7 Å². The minimum atomic E-state index is -4.00. The molecule has 20 heavy (non-hydrogen) atoms. The molecule has 1 saturated heterocycles. The summed E-state index contributed by atoms with van der Waals surface area (Å²) in [5.41, 5.74) is 4.95. The first-order chi connectivity index (χ1) is 9.23. The molecule has 0 saturated carbocycles. The quantitative estimate of drug-likeness (QED) is 0.824. The van der Waals surface area contributed by atoms with Gasteiger partial charge in [0.25, 0.3) is 0 Å². The molecule has 1 fully saturated rings. The summed E-state index contributed by atoms with van der Waals surface area (Å²) in [4.78, 5) is 1.44. The Morgan fingerprint density at radius 3 is 2.50 bits per heavy atom. The van der Waals surface area contributed by atoms with Crippen molar-refractivity contribution in [3.05, 3.63) is 23.8 Å². The molecular formula is C12H17F2N3O2S. The van der Waals surface area contributed by atoms with E-state index >= 15 is 0 Å². The third-order valence-electron chi connectivity index (χ3n) is 3.59. The Morgan fingerprint density at radius 1 is 1.25 bits per heavy atom. The van der Waals surface area contributed by atoms with E-state index in [0.717, 1.165) is 6.07 Å². The van der Waals surface area contributed by atoms with Gasteiger partial charge in [-0.25, -0.2) is 17.2 Å². The average Bonchev–Trinajstić information content (AvgIpc) is 2.36. The van der Waals surface area contributed by atoms with Crippen LogP contribution in [0.5, 0.6) is 0 Å². The van der Waals surface area contributed by atoms with Crippen molar-refractivity contribution in [1.82, 2.24) is 9.21 Å². The highest BCUT2D eigenvalue weighted by Crippen LogP contribution is 2.25. The van der Waals surface area contributed by atoms with Gasteiger partial charge in [0.2, 0.25) is 10.0 Å². The predicted molar refractivity (Wildman–Crippen MR) is 71.6 cm³/mol. The lowest BCUT2D eigenvalue weighted by Gasteiger charge is -2.36. The average molecular weight is 305 g/mol. The number of hydrogen-bond acceptors (Lipinski definition) is 4. The van der Waals surface area contributed by atoms with Gasteiger partial charge in [-0.15, -0.1) is 0 Å². The number of halogens is 2. The monoisotopic (exact) mass is 305 g/mol. The summed E-state index contributed by atoms with van der Waals surface area (Å²) in [5, 5.41) is 0. The predicted octanol–water partition coefficient (Wildman–Crippen LogP) is 0.872. The number of sulfonamides is 1. The second-order valence-electron chi connectivity index (χ2n) is 5.00. The molecule has 0 amide bonds. The van der Waals surface area contributed by atoms with Crippen LogP contribution in [0, 0.1) is 11.6 Å². The number of rotatable bonds is 2. The maximum absolute atomic E-state index is 13.7. The molecule has 1 aliphatic rings. The van der Waals surface area contributed by atoms with Gasteiger partial charge in [0.15, 0.2) is 0 Å². The van der Waals surface area contributed by atoms with Gasteiger partial charge in [-0.2, -0.15) is 4.31 Å². The first kappa shape index (κ1) is 15.1. The molecule has 1 heterocycles. The molecule has 1 unspecified atom stereocenters. The topological polar surface area (TPSA) is 66.6 Å². The van der Waals surface area contributed by atoms with Gasteiger partial charge < -0.3 is 10.6 Å². The third kappa shape index (κ3) is 2.63. The van der Waals surface area contributed by atoms with Crippen LogP contribution in [0.1, 0.15) is 6.92 Å². The van der Waals surface area contributed by atoms with E-state index in [1.54, 1.807) is 0 Å². The summed E-state index contributed by atoms with van der Waals surface area (Å²) < 4.78 is 52.9. The molecule has 8 heteroatoms. The first-order valence-corrected chi connectivity index (χ1v) is 7.62. The fourth-order valence-corrected chi connectivity index (χ4v) is 3.71. The molecule has 0 aromatic heterocycles. The number of nitrogens with two attached hydrogens (primary N) is 1. The van der Waals surface area contributed by atoms with Crippen molar-refractivity contribution in [1.29, 1.82) is 0 Å². The van der Waals surface area contributed by atoms with Crippen LogP contribution in [0.2, 0.25) is 0 Å². The standard InChI is InChI=1S/C12H17F2N3O2S/c1-8-7-17(4-3-16(8)2)20(18,19)12-6-11(15)9(13)5-10(12)14/h5-6,8H,3-4,7,15H2,1-2H3. The third-order valence-corrected chi connectivity index (χ3v) is 5.47. The Hall–Kier alpha value is -1.25. The molecule has 1 atom stereocenters. The van der Waals surface area contributed by atoms with E-state index in [4.69, 9.17) is 5.73 Å². The smallest absolute Gasteiger partial charge is 0.246 e. The summed E-state index contributed by atoms with van der Waals surface area (Å²) >= 11 is 0. The van der Waals surface area contributed by atoms with Crippen LogP contribution < -0.4 is 5.73 Å². The molecule has 0 radical (unpaired) electrons. The maximum Gasteiger partial charge on any atom is 0.246 e. The number of piperazine rings is 1. The molecule has 1 aliphatic heterocycles. The molecule has 1 aromatic rings. The molecule has 0 aliphatic carbocycles. The lowest BCUT2D eigenvalue weighted by Crippen LogP contribution is -2.51. The van der Waals surface area contributed by atoms with Crippen LogP contribution in [0.3, 0.4) is 0 Å². The second-order valence-corrected chi connectivity index (χ2v) is 6.90.